The minimum Gasteiger partial charge on any atom is -0.465 e. The molecule has 0 atom stereocenters. The summed E-state index contributed by atoms with van der Waals surface area (Å²) in [6.07, 6.45) is 1.02. The molecule has 0 N–H and O–H groups in total. The molecule has 0 spiro atoms. The van der Waals surface area contributed by atoms with E-state index in [0.29, 0.717) is 13.2 Å². The maximum Gasteiger partial charge on any atom is 0.325 e. The average Bonchev–Trinajstić information content (AvgIpc) is 2.62. The average molecular weight is 205 g/mol. The van der Waals surface area contributed by atoms with Crippen LogP contribution >= 0.6 is 0 Å². The van der Waals surface area contributed by atoms with Crippen molar-refractivity contribution in [3.63, 3.8) is 0 Å². The lowest BCUT2D eigenvalue weighted by molar-refractivity contribution is -0.141. The third-order valence-corrected chi connectivity index (χ3v) is 2.61. The molecule has 3 nitrogen and oxygen atoms in total. The number of esters is 1. The van der Waals surface area contributed by atoms with Crippen molar-refractivity contribution in [2.45, 2.75) is 13.3 Å². The monoisotopic (exact) mass is 205 g/mol. The third-order valence-electron chi connectivity index (χ3n) is 2.61. The van der Waals surface area contributed by atoms with Crippen LogP contribution in [0.25, 0.3) is 0 Å². The second-order valence-corrected chi connectivity index (χ2v) is 3.61. The van der Waals surface area contributed by atoms with Crippen molar-refractivity contribution in [3.8, 4) is 0 Å². The molecular weight excluding hydrogens is 190 g/mol. The minimum atomic E-state index is -0.144. The summed E-state index contributed by atoms with van der Waals surface area (Å²) < 4.78 is 4.94. The minimum absolute atomic E-state index is 0.144. The molecule has 0 unspecified atom stereocenters. The number of hydrogen-bond acceptors (Lipinski definition) is 3. The van der Waals surface area contributed by atoms with E-state index in [1.807, 2.05) is 19.1 Å². The Hall–Kier alpha value is -1.51. The van der Waals surface area contributed by atoms with Gasteiger partial charge < -0.3 is 9.64 Å². The highest BCUT2D eigenvalue weighted by molar-refractivity contribution is 5.77. The van der Waals surface area contributed by atoms with Crippen LogP contribution in [0.4, 0.5) is 5.69 Å². The molecule has 1 aromatic carbocycles. The highest BCUT2D eigenvalue weighted by Gasteiger charge is 2.20. The Bertz CT molecular complexity index is 362. The molecule has 0 saturated heterocycles. The zero-order valence-corrected chi connectivity index (χ0v) is 8.90. The van der Waals surface area contributed by atoms with Gasteiger partial charge in [-0.05, 0) is 25.0 Å². The highest BCUT2D eigenvalue weighted by atomic mass is 16.5. The van der Waals surface area contributed by atoms with E-state index in [-0.39, 0.29) is 5.97 Å². The van der Waals surface area contributed by atoms with Gasteiger partial charge in [0.25, 0.3) is 0 Å². The summed E-state index contributed by atoms with van der Waals surface area (Å²) in [5.41, 5.74) is 2.49. The quantitative estimate of drug-likeness (QED) is 0.702. The summed E-state index contributed by atoms with van der Waals surface area (Å²) in [6.45, 7) is 3.56. The van der Waals surface area contributed by atoms with Crippen LogP contribution in [0.3, 0.4) is 0 Å². The van der Waals surface area contributed by atoms with Gasteiger partial charge in [0.05, 0.1) is 6.61 Å². The maximum absolute atomic E-state index is 11.3. The zero-order valence-electron chi connectivity index (χ0n) is 8.90. The first-order valence-electron chi connectivity index (χ1n) is 5.29. The summed E-state index contributed by atoms with van der Waals surface area (Å²) in [7, 11) is 0. The molecular formula is C12H15NO2. The first-order valence-corrected chi connectivity index (χ1v) is 5.29. The van der Waals surface area contributed by atoms with E-state index in [4.69, 9.17) is 4.74 Å². The Labute approximate surface area is 89.7 Å². The molecule has 2 rings (SSSR count). The molecule has 0 fully saturated rings. The lowest BCUT2D eigenvalue weighted by Crippen LogP contribution is -2.29. The molecule has 1 aromatic rings. The smallest absolute Gasteiger partial charge is 0.325 e. The number of rotatable bonds is 3. The van der Waals surface area contributed by atoms with Gasteiger partial charge in [-0.3, -0.25) is 4.79 Å². The highest BCUT2D eigenvalue weighted by Crippen LogP contribution is 2.26. The van der Waals surface area contributed by atoms with Gasteiger partial charge in [-0.2, -0.15) is 0 Å². The van der Waals surface area contributed by atoms with E-state index in [2.05, 4.69) is 17.0 Å². The second kappa shape index (κ2) is 4.34. The molecule has 1 aliphatic heterocycles. The van der Waals surface area contributed by atoms with Crippen LogP contribution in [0.1, 0.15) is 12.5 Å². The number of benzene rings is 1. The first-order chi connectivity index (χ1) is 7.31. The van der Waals surface area contributed by atoms with Gasteiger partial charge in [-0.25, -0.2) is 0 Å². The maximum atomic E-state index is 11.3. The second-order valence-electron chi connectivity index (χ2n) is 3.61. The van der Waals surface area contributed by atoms with E-state index in [1.54, 1.807) is 0 Å². The van der Waals surface area contributed by atoms with Crippen LogP contribution in [-0.2, 0) is 16.0 Å². The normalized spacial score (nSPS) is 13.8. The van der Waals surface area contributed by atoms with Crippen molar-refractivity contribution in [3.05, 3.63) is 29.8 Å². The molecule has 1 aliphatic rings. The van der Waals surface area contributed by atoms with Crippen molar-refractivity contribution in [2.24, 2.45) is 0 Å². The Balaban J connectivity index is 2.04. The van der Waals surface area contributed by atoms with Gasteiger partial charge >= 0.3 is 5.97 Å². The summed E-state index contributed by atoms with van der Waals surface area (Å²) in [4.78, 5) is 13.4. The first kappa shape index (κ1) is 10.0. The predicted molar refractivity (Wildman–Crippen MR) is 59.0 cm³/mol. The molecule has 0 saturated carbocycles. The van der Waals surface area contributed by atoms with Crippen LogP contribution in [0, 0.1) is 0 Å². The SMILES string of the molecule is CCOC(=O)CN1CCc2ccccc21. The Morgan fingerprint density at radius 1 is 1.47 bits per heavy atom. The predicted octanol–water partition coefficient (Wildman–Crippen LogP) is 1.61. The fraction of sp³-hybridized carbons (Fsp3) is 0.417. The number of hydrogen-bond donors (Lipinski definition) is 0. The lowest BCUT2D eigenvalue weighted by atomic mass is 10.2. The largest absolute Gasteiger partial charge is 0.465 e. The summed E-state index contributed by atoms with van der Waals surface area (Å²) in [5, 5.41) is 0. The molecule has 0 aliphatic carbocycles. The number of anilines is 1. The number of ether oxygens (including phenoxy) is 1. The lowest BCUT2D eigenvalue weighted by Gasteiger charge is -2.17. The molecule has 15 heavy (non-hydrogen) atoms. The van der Waals surface area contributed by atoms with Crippen LogP contribution in [0.2, 0.25) is 0 Å². The Morgan fingerprint density at radius 3 is 3.07 bits per heavy atom. The zero-order chi connectivity index (χ0) is 10.7. The topological polar surface area (TPSA) is 29.5 Å². The molecule has 0 radical (unpaired) electrons. The van der Waals surface area contributed by atoms with Crippen LogP contribution in [0.15, 0.2) is 24.3 Å². The van der Waals surface area contributed by atoms with E-state index in [0.717, 1.165) is 13.0 Å². The van der Waals surface area contributed by atoms with Gasteiger partial charge in [-0.15, -0.1) is 0 Å². The molecule has 0 bridgehead atoms. The van der Waals surface area contributed by atoms with Gasteiger partial charge in [0.1, 0.15) is 6.54 Å². The van der Waals surface area contributed by atoms with Crippen LogP contribution < -0.4 is 4.90 Å². The van der Waals surface area contributed by atoms with Crippen molar-refractivity contribution in [1.29, 1.82) is 0 Å². The molecule has 1 heterocycles. The number of para-hydroxylation sites is 1. The van der Waals surface area contributed by atoms with Crippen molar-refractivity contribution in [1.82, 2.24) is 0 Å². The van der Waals surface area contributed by atoms with Crippen molar-refractivity contribution >= 4 is 11.7 Å². The fourth-order valence-corrected chi connectivity index (χ4v) is 1.93. The summed E-state index contributed by atoms with van der Waals surface area (Å²) >= 11 is 0. The van der Waals surface area contributed by atoms with E-state index < -0.39 is 0 Å². The Morgan fingerprint density at radius 2 is 2.27 bits per heavy atom. The number of carbonyl (C=O) groups is 1. The third kappa shape index (κ3) is 2.12. The van der Waals surface area contributed by atoms with Crippen molar-refractivity contribution < 1.29 is 9.53 Å². The van der Waals surface area contributed by atoms with E-state index in [9.17, 15) is 4.79 Å². The number of nitrogens with zero attached hydrogens (tertiary/aromatic N) is 1. The van der Waals surface area contributed by atoms with E-state index in [1.165, 1.54) is 11.3 Å². The van der Waals surface area contributed by atoms with E-state index >= 15 is 0 Å². The molecule has 0 amide bonds. The summed E-state index contributed by atoms with van der Waals surface area (Å²) in [5.74, 6) is -0.144. The van der Waals surface area contributed by atoms with Gasteiger partial charge in [0.2, 0.25) is 0 Å². The number of fused-ring (bicyclic) bond motifs is 1. The standard InChI is InChI=1S/C12H15NO2/c1-2-15-12(14)9-13-8-7-10-5-3-4-6-11(10)13/h3-6H,2,7-9H2,1H3. The fourth-order valence-electron chi connectivity index (χ4n) is 1.93. The Kier molecular flexibility index (Phi) is 2.90. The van der Waals surface area contributed by atoms with Gasteiger partial charge in [-0.1, -0.05) is 18.2 Å². The van der Waals surface area contributed by atoms with Crippen LogP contribution in [-0.4, -0.2) is 25.7 Å². The van der Waals surface area contributed by atoms with Crippen molar-refractivity contribution in [2.75, 3.05) is 24.6 Å². The van der Waals surface area contributed by atoms with Crippen LogP contribution in [0.5, 0.6) is 0 Å². The number of carbonyl (C=O) groups excluding carboxylic acids is 1. The summed E-state index contributed by atoms with van der Waals surface area (Å²) in [6, 6.07) is 8.21. The molecule has 3 heteroatoms. The van der Waals surface area contributed by atoms with Gasteiger partial charge in [0, 0.05) is 12.2 Å². The van der Waals surface area contributed by atoms with Gasteiger partial charge in [0.15, 0.2) is 0 Å². The molecule has 0 aromatic heterocycles. The molecule has 80 valence electrons.